The van der Waals surface area contributed by atoms with Crippen LogP contribution in [0.25, 0.3) is 0 Å². The molecule has 2 unspecified atom stereocenters. The van der Waals surface area contributed by atoms with Crippen LogP contribution in [0.4, 0.5) is 4.39 Å². The lowest BCUT2D eigenvalue weighted by Crippen LogP contribution is -2.46. The molecule has 2 aromatic carbocycles. The zero-order valence-electron chi connectivity index (χ0n) is 16.0. The van der Waals surface area contributed by atoms with Gasteiger partial charge in [-0.1, -0.05) is 37.3 Å². The van der Waals surface area contributed by atoms with E-state index in [0.29, 0.717) is 30.7 Å². The first-order valence-corrected chi connectivity index (χ1v) is 9.29. The second kappa shape index (κ2) is 8.63. The SMILES string of the molecule is COC(=O)C1(CCNOCc2ccccc2)CC(C)C(=O)c2ccc(F)cc21. The lowest BCUT2D eigenvalue weighted by molar-refractivity contribution is -0.149. The van der Waals surface area contributed by atoms with Gasteiger partial charge in [0.2, 0.25) is 0 Å². The summed E-state index contributed by atoms with van der Waals surface area (Å²) in [7, 11) is 1.31. The molecule has 148 valence electrons. The van der Waals surface area contributed by atoms with Crippen LogP contribution in [0.15, 0.2) is 48.5 Å². The van der Waals surface area contributed by atoms with Crippen LogP contribution in [0.5, 0.6) is 0 Å². The standard InChI is InChI=1S/C22H24FNO4/c1-15-13-22(21(26)27-2,19-12-17(23)8-9-18(19)20(15)25)10-11-24-28-14-16-6-4-3-5-7-16/h3-9,12,15,24H,10-11,13-14H2,1-2H3. The molecule has 1 aliphatic rings. The topological polar surface area (TPSA) is 64.6 Å². The van der Waals surface area contributed by atoms with Gasteiger partial charge in [-0.3, -0.25) is 14.4 Å². The van der Waals surface area contributed by atoms with Gasteiger partial charge in [0.1, 0.15) is 5.82 Å². The number of rotatable bonds is 7. The minimum Gasteiger partial charge on any atom is -0.468 e. The predicted molar refractivity (Wildman–Crippen MR) is 102 cm³/mol. The number of esters is 1. The van der Waals surface area contributed by atoms with Gasteiger partial charge in [-0.2, -0.15) is 0 Å². The van der Waals surface area contributed by atoms with Crippen LogP contribution in [0.2, 0.25) is 0 Å². The van der Waals surface area contributed by atoms with Gasteiger partial charge in [0.05, 0.1) is 19.1 Å². The molecule has 2 aromatic rings. The van der Waals surface area contributed by atoms with E-state index >= 15 is 0 Å². The van der Waals surface area contributed by atoms with Crippen LogP contribution in [0.3, 0.4) is 0 Å². The molecule has 0 saturated heterocycles. The first-order valence-electron chi connectivity index (χ1n) is 9.29. The van der Waals surface area contributed by atoms with Gasteiger partial charge < -0.3 is 4.74 Å². The van der Waals surface area contributed by atoms with E-state index in [-0.39, 0.29) is 18.1 Å². The molecular formula is C22H24FNO4. The summed E-state index contributed by atoms with van der Waals surface area (Å²) in [4.78, 5) is 30.8. The number of carbonyl (C=O) groups excluding carboxylic acids is 2. The van der Waals surface area contributed by atoms with Gasteiger partial charge >= 0.3 is 5.97 Å². The third-order valence-corrected chi connectivity index (χ3v) is 5.28. The summed E-state index contributed by atoms with van der Waals surface area (Å²) in [5.41, 5.74) is 3.57. The molecule has 5 nitrogen and oxygen atoms in total. The van der Waals surface area contributed by atoms with E-state index in [0.717, 1.165) is 5.56 Å². The van der Waals surface area contributed by atoms with Gasteiger partial charge in [0.15, 0.2) is 5.78 Å². The largest absolute Gasteiger partial charge is 0.468 e. The van der Waals surface area contributed by atoms with Gasteiger partial charge in [-0.15, -0.1) is 0 Å². The number of fused-ring (bicyclic) bond motifs is 1. The van der Waals surface area contributed by atoms with Crippen molar-refractivity contribution in [2.24, 2.45) is 5.92 Å². The Morgan fingerprint density at radius 2 is 2.00 bits per heavy atom. The molecule has 0 aromatic heterocycles. The maximum Gasteiger partial charge on any atom is 0.316 e. The second-order valence-corrected chi connectivity index (χ2v) is 7.15. The minimum absolute atomic E-state index is 0.0807. The van der Waals surface area contributed by atoms with Crippen molar-refractivity contribution < 1.29 is 23.6 Å². The molecule has 0 saturated carbocycles. The minimum atomic E-state index is -1.09. The van der Waals surface area contributed by atoms with Crippen LogP contribution in [-0.4, -0.2) is 25.4 Å². The number of carbonyl (C=O) groups is 2. The molecule has 2 atom stereocenters. The number of nitrogens with one attached hydrogen (secondary N) is 1. The first kappa shape index (κ1) is 20.2. The lowest BCUT2D eigenvalue weighted by Gasteiger charge is -2.38. The van der Waals surface area contributed by atoms with Crippen molar-refractivity contribution in [1.29, 1.82) is 0 Å². The lowest BCUT2D eigenvalue weighted by atomic mass is 9.64. The molecule has 3 rings (SSSR count). The van der Waals surface area contributed by atoms with Crippen LogP contribution in [0.1, 0.15) is 41.3 Å². The van der Waals surface area contributed by atoms with E-state index in [1.54, 1.807) is 6.92 Å². The molecule has 1 aliphatic carbocycles. The summed E-state index contributed by atoms with van der Waals surface area (Å²) < 4.78 is 19.0. The third-order valence-electron chi connectivity index (χ3n) is 5.28. The molecule has 0 bridgehead atoms. The fourth-order valence-corrected chi connectivity index (χ4v) is 3.89. The average molecular weight is 385 g/mol. The highest BCUT2D eigenvalue weighted by molar-refractivity contribution is 6.03. The number of Topliss-reactive ketones (excluding diaryl/α,β-unsaturated/α-hetero) is 1. The number of hydrogen-bond acceptors (Lipinski definition) is 5. The molecule has 0 spiro atoms. The van der Waals surface area contributed by atoms with Gasteiger partial charge in [0.25, 0.3) is 0 Å². The molecular weight excluding hydrogens is 361 g/mol. The second-order valence-electron chi connectivity index (χ2n) is 7.15. The fourth-order valence-electron chi connectivity index (χ4n) is 3.89. The van der Waals surface area contributed by atoms with Gasteiger partial charge in [0, 0.05) is 18.0 Å². The Kier molecular flexibility index (Phi) is 6.21. The monoisotopic (exact) mass is 385 g/mol. The van der Waals surface area contributed by atoms with Crippen molar-refractivity contribution in [2.75, 3.05) is 13.7 Å². The van der Waals surface area contributed by atoms with Crippen LogP contribution in [0, 0.1) is 11.7 Å². The van der Waals surface area contributed by atoms with E-state index in [2.05, 4.69) is 5.48 Å². The molecule has 0 radical (unpaired) electrons. The number of hydrogen-bond donors (Lipinski definition) is 1. The number of ketones is 1. The number of methoxy groups -OCH3 is 1. The van der Waals surface area contributed by atoms with E-state index in [9.17, 15) is 14.0 Å². The molecule has 1 N–H and O–H groups in total. The van der Waals surface area contributed by atoms with Gasteiger partial charge in [-0.05, 0) is 42.2 Å². The summed E-state index contributed by atoms with van der Waals surface area (Å²) >= 11 is 0. The maximum atomic E-state index is 14.0. The Labute approximate surface area is 163 Å². The fraction of sp³-hybridized carbons (Fsp3) is 0.364. The van der Waals surface area contributed by atoms with Crippen molar-refractivity contribution >= 4 is 11.8 Å². The average Bonchev–Trinajstić information content (AvgIpc) is 2.71. The zero-order chi connectivity index (χ0) is 20.1. The highest BCUT2D eigenvalue weighted by Gasteiger charge is 2.49. The molecule has 6 heteroatoms. The Morgan fingerprint density at radius 1 is 1.25 bits per heavy atom. The van der Waals surface area contributed by atoms with Crippen LogP contribution in [-0.2, 0) is 26.4 Å². The third kappa shape index (κ3) is 3.98. The summed E-state index contributed by atoms with van der Waals surface area (Å²) in [6.07, 6.45) is 0.595. The number of benzene rings is 2. The zero-order valence-corrected chi connectivity index (χ0v) is 16.0. The van der Waals surface area contributed by atoms with Crippen molar-refractivity contribution in [3.05, 3.63) is 71.0 Å². The number of halogens is 1. The predicted octanol–water partition coefficient (Wildman–Crippen LogP) is 3.57. The first-order chi connectivity index (χ1) is 13.5. The van der Waals surface area contributed by atoms with E-state index in [1.807, 2.05) is 30.3 Å². The van der Waals surface area contributed by atoms with E-state index < -0.39 is 17.2 Å². The van der Waals surface area contributed by atoms with E-state index in [1.165, 1.54) is 25.3 Å². The molecule has 0 aliphatic heterocycles. The van der Waals surface area contributed by atoms with E-state index in [4.69, 9.17) is 9.57 Å². The summed E-state index contributed by atoms with van der Waals surface area (Å²) in [6, 6.07) is 13.7. The summed E-state index contributed by atoms with van der Waals surface area (Å²) in [5.74, 6) is -1.39. The van der Waals surface area contributed by atoms with Crippen LogP contribution >= 0.6 is 0 Å². The Morgan fingerprint density at radius 3 is 2.71 bits per heavy atom. The van der Waals surface area contributed by atoms with Crippen molar-refractivity contribution in [3.8, 4) is 0 Å². The molecule has 0 fully saturated rings. The summed E-state index contributed by atoms with van der Waals surface area (Å²) in [5, 5.41) is 0. The van der Waals surface area contributed by atoms with Gasteiger partial charge in [-0.25, -0.2) is 9.87 Å². The van der Waals surface area contributed by atoms with Crippen LogP contribution < -0.4 is 5.48 Å². The molecule has 0 amide bonds. The highest BCUT2D eigenvalue weighted by Crippen LogP contribution is 2.43. The Hall–Kier alpha value is -2.57. The molecule has 28 heavy (non-hydrogen) atoms. The van der Waals surface area contributed by atoms with Crippen molar-refractivity contribution in [2.45, 2.75) is 31.8 Å². The number of hydroxylamine groups is 1. The summed E-state index contributed by atoms with van der Waals surface area (Å²) in [6.45, 7) is 2.51. The Balaban J connectivity index is 1.77. The number of ether oxygens (including phenoxy) is 1. The normalized spacial score (nSPS) is 21.2. The van der Waals surface area contributed by atoms with Crippen molar-refractivity contribution in [1.82, 2.24) is 5.48 Å². The smallest absolute Gasteiger partial charge is 0.316 e. The Bertz CT molecular complexity index is 855. The highest BCUT2D eigenvalue weighted by atomic mass is 19.1. The molecule has 0 heterocycles. The van der Waals surface area contributed by atoms with Crippen molar-refractivity contribution in [3.63, 3.8) is 0 Å². The maximum absolute atomic E-state index is 14.0. The quantitative estimate of drug-likeness (QED) is 0.448.